The number of hydrogen-bond donors (Lipinski definition) is 1. The maximum Gasteiger partial charge on any atom is 0.418 e. The van der Waals surface area contributed by atoms with Gasteiger partial charge < -0.3 is 10.5 Å². The molecule has 1 amide bonds. The number of carbonyl (C=O) groups excluding carboxylic acids is 1. The Morgan fingerprint density at radius 3 is 2.21 bits per heavy atom. The van der Waals surface area contributed by atoms with E-state index in [2.05, 4.69) is 0 Å². The minimum atomic E-state index is -0.404. The van der Waals surface area contributed by atoms with Crippen molar-refractivity contribution in [2.24, 2.45) is 0 Å². The van der Waals surface area contributed by atoms with Crippen molar-refractivity contribution in [2.75, 3.05) is 17.2 Å². The molecule has 0 saturated heterocycles. The second kappa shape index (κ2) is 5.91. The number of carbonyl (C=O) groups is 1. The van der Waals surface area contributed by atoms with Gasteiger partial charge in [-0.25, -0.2) is 9.69 Å². The van der Waals surface area contributed by atoms with Crippen LogP contribution in [-0.4, -0.2) is 12.7 Å². The van der Waals surface area contributed by atoms with Crippen molar-refractivity contribution in [2.45, 2.75) is 6.92 Å². The van der Waals surface area contributed by atoms with Crippen molar-refractivity contribution in [1.82, 2.24) is 0 Å². The summed E-state index contributed by atoms with van der Waals surface area (Å²) >= 11 is 0. The Hall–Kier alpha value is -2.49. The van der Waals surface area contributed by atoms with E-state index in [4.69, 9.17) is 10.5 Å². The van der Waals surface area contributed by atoms with Gasteiger partial charge in [0.05, 0.1) is 18.0 Å². The molecule has 2 aromatic carbocycles. The minimum absolute atomic E-state index is 0.330. The highest BCUT2D eigenvalue weighted by Gasteiger charge is 2.18. The molecule has 0 atom stereocenters. The first-order valence-electron chi connectivity index (χ1n) is 6.10. The molecule has 0 fully saturated rings. The number of ether oxygens (including phenoxy) is 1. The van der Waals surface area contributed by atoms with Crippen LogP contribution in [-0.2, 0) is 4.74 Å². The summed E-state index contributed by atoms with van der Waals surface area (Å²) in [5.41, 5.74) is 7.80. The van der Waals surface area contributed by atoms with Gasteiger partial charge in [0.1, 0.15) is 0 Å². The number of para-hydroxylation sites is 1. The fourth-order valence-corrected chi connectivity index (χ4v) is 1.75. The average molecular weight is 256 g/mol. The SMILES string of the molecule is CCOC(=O)N(c1ccccc1)c1ccc(N)cc1. The standard InChI is InChI=1S/C15H16N2O2/c1-2-19-15(18)17(13-6-4-3-5-7-13)14-10-8-12(16)9-11-14/h3-11H,2,16H2,1H3. The zero-order chi connectivity index (χ0) is 13.7. The van der Waals surface area contributed by atoms with Crippen LogP contribution >= 0.6 is 0 Å². The minimum Gasteiger partial charge on any atom is -0.449 e. The lowest BCUT2D eigenvalue weighted by atomic mass is 10.2. The zero-order valence-electron chi connectivity index (χ0n) is 10.7. The number of nitrogens with two attached hydrogens (primary N) is 1. The molecule has 0 radical (unpaired) electrons. The van der Waals surface area contributed by atoms with E-state index in [1.54, 1.807) is 31.2 Å². The van der Waals surface area contributed by atoms with Gasteiger partial charge in [0.15, 0.2) is 0 Å². The van der Waals surface area contributed by atoms with Gasteiger partial charge in [-0.05, 0) is 43.3 Å². The quantitative estimate of drug-likeness (QED) is 0.854. The number of benzene rings is 2. The summed E-state index contributed by atoms with van der Waals surface area (Å²) in [6, 6.07) is 16.4. The van der Waals surface area contributed by atoms with E-state index < -0.39 is 6.09 Å². The third-order valence-corrected chi connectivity index (χ3v) is 2.62. The molecule has 0 aliphatic carbocycles. The summed E-state index contributed by atoms with van der Waals surface area (Å²) in [5, 5.41) is 0. The third-order valence-electron chi connectivity index (χ3n) is 2.62. The normalized spacial score (nSPS) is 9.95. The number of hydrogen-bond acceptors (Lipinski definition) is 3. The van der Waals surface area contributed by atoms with Crippen LogP contribution < -0.4 is 10.6 Å². The molecule has 2 N–H and O–H groups in total. The van der Waals surface area contributed by atoms with Crippen LogP contribution in [0.5, 0.6) is 0 Å². The summed E-state index contributed by atoms with van der Waals surface area (Å²) in [5.74, 6) is 0. The van der Waals surface area contributed by atoms with Crippen LogP contribution in [0, 0.1) is 0 Å². The Bertz CT molecular complexity index is 538. The van der Waals surface area contributed by atoms with Crippen molar-refractivity contribution in [1.29, 1.82) is 0 Å². The van der Waals surface area contributed by atoms with Gasteiger partial charge >= 0.3 is 6.09 Å². The lowest BCUT2D eigenvalue weighted by Gasteiger charge is -2.22. The maximum absolute atomic E-state index is 12.1. The maximum atomic E-state index is 12.1. The van der Waals surface area contributed by atoms with Crippen molar-refractivity contribution in [3.63, 3.8) is 0 Å². The summed E-state index contributed by atoms with van der Waals surface area (Å²) in [6.45, 7) is 2.11. The van der Waals surface area contributed by atoms with Crippen molar-refractivity contribution < 1.29 is 9.53 Å². The summed E-state index contributed by atoms with van der Waals surface area (Å²) in [4.78, 5) is 13.6. The van der Waals surface area contributed by atoms with Crippen LogP contribution in [0.3, 0.4) is 0 Å². The highest BCUT2D eigenvalue weighted by Crippen LogP contribution is 2.26. The summed E-state index contributed by atoms with van der Waals surface area (Å²) in [7, 11) is 0. The van der Waals surface area contributed by atoms with E-state index in [-0.39, 0.29) is 0 Å². The number of nitrogen functional groups attached to an aromatic ring is 1. The molecule has 98 valence electrons. The molecular weight excluding hydrogens is 240 g/mol. The fraction of sp³-hybridized carbons (Fsp3) is 0.133. The number of amides is 1. The highest BCUT2D eigenvalue weighted by molar-refractivity contribution is 5.96. The molecule has 4 nitrogen and oxygen atoms in total. The first-order chi connectivity index (χ1) is 9.22. The summed E-state index contributed by atoms with van der Waals surface area (Å²) < 4.78 is 5.10. The van der Waals surface area contributed by atoms with Crippen molar-refractivity contribution >= 4 is 23.2 Å². The molecule has 0 bridgehead atoms. The molecule has 2 aromatic rings. The van der Waals surface area contributed by atoms with Gasteiger partial charge in [0.25, 0.3) is 0 Å². The highest BCUT2D eigenvalue weighted by atomic mass is 16.6. The molecule has 0 aliphatic heterocycles. The van der Waals surface area contributed by atoms with Crippen LogP contribution in [0.25, 0.3) is 0 Å². The predicted molar refractivity (Wildman–Crippen MR) is 76.5 cm³/mol. The molecular formula is C15H16N2O2. The molecule has 0 heterocycles. The van der Waals surface area contributed by atoms with Crippen molar-refractivity contribution in [3.05, 3.63) is 54.6 Å². The van der Waals surface area contributed by atoms with Crippen molar-refractivity contribution in [3.8, 4) is 0 Å². The second-order valence-electron chi connectivity index (χ2n) is 3.96. The molecule has 0 aliphatic rings. The van der Waals surface area contributed by atoms with Gasteiger partial charge in [0, 0.05) is 5.69 Å². The number of rotatable bonds is 3. The molecule has 0 spiro atoms. The van der Waals surface area contributed by atoms with Crippen LogP contribution in [0.15, 0.2) is 54.6 Å². The van der Waals surface area contributed by atoms with E-state index in [1.807, 2.05) is 30.3 Å². The Morgan fingerprint density at radius 2 is 1.63 bits per heavy atom. The predicted octanol–water partition coefficient (Wildman–Crippen LogP) is 3.56. The first-order valence-corrected chi connectivity index (χ1v) is 6.10. The zero-order valence-corrected chi connectivity index (χ0v) is 10.7. The largest absolute Gasteiger partial charge is 0.449 e. The Kier molecular flexibility index (Phi) is 4.03. The lowest BCUT2D eigenvalue weighted by Crippen LogP contribution is -2.26. The van der Waals surface area contributed by atoms with Gasteiger partial charge in [-0.1, -0.05) is 18.2 Å². The van der Waals surface area contributed by atoms with Gasteiger partial charge in [-0.2, -0.15) is 0 Å². The van der Waals surface area contributed by atoms with Crippen LogP contribution in [0.1, 0.15) is 6.92 Å². The van der Waals surface area contributed by atoms with E-state index >= 15 is 0 Å². The van der Waals surface area contributed by atoms with Crippen LogP contribution in [0.2, 0.25) is 0 Å². The van der Waals surface area contributed by atoms with Gasteiger partial charge in [0.2, 0.25) is 0 Å². The fourth-order valence-electron chi connectivity index (χ4n) is 1.75. The molecule has 0 aromatic heterocycles. The Balaban J connectivity index is 2.40. The smallest absolute Gasteiger partial charge is 0.418 e. The molecule has 19 heavy (non-hydrogen) atoms. The average Bonchev–Trinajstić information content (AvgIpc) is 2.43. The molecule has 0 unspecified atom stereocenters. The van der Waals surface area contributed by atoms with E-state index in [9.17, 15) is 4.79 Å². The topological polar surface area (TPSA) is 55.6 Å². The second-order valence-corrected chi connectivity index (χ2v) is 3.96. The third kappa shape index (κ3) is 3.04. The Morgan fingerprint density at radius 1 is 1.05 bits per heavy atom. The molecule has 0 saturated carbocycles. The first kappa shape index (κ1) is 13.0. The number of nitrogens with zero attached hydrogens (tertiary/aromatic N) is 1. The molecule has 4 heteroatoms. The Labute approximate surface area is 112 Å². The van der Waals surface area contributed by atoms with E-state index in [1.165, 1.54) is 4.90 Å². The summed E-state index contributed by atoms with van der Waals surface area (Å²) in [6.07, 6.45) is -0.404. The monoisotopic (exact) mass is 256 g/mol. The van der Waals surface area contributed by atoms with Crippen LogP contribution in [0.4, 0.5) is 21.9 Å². The van der Waals surface area contributed by atoms with Gasteiger partial charge in [-0.3, -0.25) is 0 Å². The van der Waals surface area contributed by atoms with Gasteiger partial charge in [-0.15, -0.1) is 0 Å². The lowest BCUT2D eigenvalue weighted by molar-refractivity contribution is 0.162. The molecule has 2 rings (SSSR count). The number of anilines is 3. The van der Waals surface area contributed by atoms with E-state index in [0.717, 1.165) is 11.4 Å². The van der Waals surface area contributed by atoms with E-state index in [0.29, 0.717) is 12.3 Å².